The Bertz CT molecular complexity index is 166. The highest BCUT2D eigenvalue weighted by Crippen LogP contribution is 1.99. The SMILES string of the molecule is CC(CC(=O)O)NCC(O)C(F)F. The van der Waals surface area contributed by atoms with Crippen molar-refractivity contribution in [1.82, 2.24) is 5.32 Å². The zero-order valence-electron chi connectivity index (χ0n) is 7.20. The van der Waals surface area contributed by atoms with E-state index in [-0.39, 0.29) is 13.0 Å². The molecule has 0 heterocycles. The molecule has 0 aromatic rings. The van der Waals surface area contributed by atoms with Crippen molar-refractivity contribution in [2.75, 3.05) is 6.54 Å². The van der Waals surface area contributed by atoms with Gasteiger partial charge in [0.05, 0.1) is 6.42 Å². The highest BCUT2D eigenvalue weighted by molar-refractivity contribution is 5.67. The van der Waals surface area contributed by atoms with E-state index in [4.69, 9.17) is 10.2 Å². The van der Waals surface area contributed by atoms with Gasteiger partial charge in [-0.15, -0.1) is 0 Å². The number of carboxylic acid groups (broad SMARTS) is 1. The summed E-state index contributed by atoms with van der Waals surface area (Å²) < 4.78 is 23.5. The Kier molecular flexibility index (Phi) is 5.48. The first-order valence-corrected chi connectivity index (χ1v) is 3.85. The van der Waals surface area contributed by atoms with E-state index in [1.807, 2.05) is 0 Å². The Balaban J connectivity index is 3.57. The molecule has 2 unspecified atom stereocenters. The van der Waals surface area contributed by atoms with E-state index in [0.717, 1.165) is 0 Å². The molecule has 0 aliphatic rings. The Morgan fingerprint density at radius 3 is 2.46 bits per heavy atom. The van der Waals surface area contributed by atoms with Crippen LogP contribution in [0.25, 0.3) is 0 Å². The number of hydrogen-bond donors (Lipinski definition) is 3. The molecule has 0 aromatic heterocycles. The molecule has 0 fully saturated rings. The van der Waals surface area contributed by atoms with Crippen LogP contribution in [-0.4, -0.2) is 41.3 Å². The molecule has 0 aliphatic carbocycles. The van der Waals surface area contributed by atoms with Crippen LogP contribution in [0.4, 0.5) is 8.78 Å². The zero-order valence-corrected chi connectivity index (χ0v) is 7.20. The fraction of sp³-hybridized carbons (Fsp3) is 0.857. The van der Waals surface area contributed by atoms with Crippen LogP contribution in [0.5, 0.6) is 0 Å². The molecule has 0 saturated heterocycles. The maximum Gasteiger partial charge on any atom is 0.304 e. The molecule has 0 amide bonds. The molecule has 0 aliphatic heterocycles. The Morgan fingerprint density at radius 2 is 2.08 bits per heavy atom. The Labute approximate surface area is 74.6 Å². The van der Waals surface area contributed by atoms with Crippen LogP contribution < -0.4 is 5.32 Å². The third-order valence-electron chi connectivity index (χ3n) is 1.45. The van der Waals surface area contributed by atoms with Gasteiger partial charge in [-0.1, -0.05) is 0 Å². The highest BCUT2D eigenvalue weighted by atomic mass is 19.3. The summed E-state index contributed by atoms with van der Waals surface area (Å²) in [4.78, 5) is 10.1. The van der Waals surface area contributed by atoms with Gasteiger partial charge in [0.25, 0.3) is 6.43 Å². The maximum atomic E-state index is 11.7. The third-order valence-corrected chi connectivity index (χ3v) is 1.45. The number of aliphatic hydroxyl groups is 1. The van der Waals surface area contributed by atoms with Crippen molar-refractivity contribution in [3.8, 4) is 0 Å². The molecule has 0 radical (unpaired) electrons. The molecule has 0 aromatic carbocycles. The second-order valence-corrected chi connectivity index (χ2v) is 2.81. The number of carbonyl (C=O) groups is 1. The van der Waals surface area contributed by atoms with E-state index >= 15 is 0 Å². The largest absolute Gasteiger partial charge is 0.481 e. The highest BCUT2D eigenvalue weighted by Gasteiger charge is 2.17. The number of nitrogens with one attached hydrogen (secondary N) is 1. The van der Waals surface area contributed by atoms with Crippen LogP contribution >= 0.6 is 0 Å². The topological polar surface area (TPSA) is 69.6 Å². The first-order chi connectivity index (χ1) is 5.93. The van der Waals surface area contributed by atoms with E-state index in [2.05, 4.69) is 5.32 Å². The van der Waals surface area contributed by atoms with Gasteiger partial charge in [-0.2, -0.15) is 0 Å². The molecule has 6 heteroatoms. The number of aliphatic hydroxyl groups excluding tert-OH is 1. The number of alkyl halides is 2. The zero-order chi connectivity index (χ0) is 10.4. The second-order valence-electron chi connectivity index (χ2n) is 2.81. The average Bonchev–Trinajstić information content (AvgIpc) is 1.98. The quantitative estimate of drug-likeness (QED) is 0.563. The van der Waals surface area contributed by atoms with Gasteiger partial charge >= 0.3 is 5.97 Å². The first kappa shape index (κ1) is 12.2. The number of carboxylic acids is 1. The van der Waals surface area contributed by atoms with Gasteiger partial charge in [0, 0.05) is 12.6 Å². The van der Waals surface area contributed by atoms with Gasteiger partial charge in [0.2, 0.25) is 0 Å². The standard InChI is InChI=1S/C7H13F2NO3/c1-4(2-6(12)13)10-3-5(11)7(8)9/h4-5,7,10-11H,2-3H2,1H3,(H,12,13). The summed E-state index contributed by atoms with van der Waals surface area (Å²) in [7, 11) is 0. The van der Waals surface area contributed by atoms with Gasteiger partial charge in [0.15, 0.2) is 0 Å². The predicted octanol–water partition coefficient (Wildman–Crippen LogP) is 0.0652. The molecule has 3 N–H and O–H groups in total. The minimum absolute atomic E-state index is 0.157. The monoisotopic (exact) mass is 197 g/mol. The Morgan fingerprint density at radius 1 is 1.54 bits per heavy atom. The van der Waals surface area contributed by atoms with Crippen LogP contribution in [0.3, 0.4) is 0 Å². The number of hydrogen-bond acceptors (Lipinski definition) is 3. The lowest BCUT2D eigenvalue weighted by molar-refractivity contribution is -0.137. The third kappa shape index (κ3) is 6.41. The molecule has 13 heavy (non-hydrogen) atoms. The summed E-state index contributed by atoms with van der Waals surface area (Å²) >= 11 is 0. The second kappa shape index (κ2) is 5.82. The lowest BCUT2D eigenvalue weighted by atomic mass is 10.2. The summed E-state index contributed by atoms with van der Waals surface area (Å²) in [6.45, 7) is 1.25. The predicted molar refractivity (Wildman–Crippen MR) is 41.7 cm³/mol. The number of rotatable bonds is 6. The minimum atomic E-state index is -2.80. The van der Waals surface area contributed by atoms with Gasteiger partial charge in [-0.3, -0.25) is 4.79 Å². The molecule has 78 valence electrons. The fourth-order valence-corrected chi connectivity index (χ4v) is 0.745. The first-order valence-electron chi connectivity index (χ1n) is 3.85. The Hall–Kier alpha value is -0.750. The molecule has 0 saturated carbocycles. The summed E-state index contributed by atoms with van der Waals surface area (Å²) in [5, 5.41) is 19.4. The van der Waals surface area contributed by atoms with E-state index in [1.165, 1.54) is 0 Å². The van der Waals surface area contributed by atoms with Crippen molar-refractivity contribution in [2.45, 2.75) is 31.9 Å². The molecular formula is C7H13F2NO3. The summed E-state index contributed by atoms with van der Waals surface area (Å²) in [6.07, 6.45) is -4.70. The van der Waals surface area contributed by atoms with Crippen molar-refractivity contribution < 1.29 is 23.8 Å². The van der Waals surface area contributed by atoms with Crippen molar-refractivity contribution in [3.63, 3.8) is 0 Å². The van der Waals surface area contributed by atoms with E-state index < -0.39 is 24.5 Å². The number of aliphatic carboxylic acids is 1. The number of halogens is 2. The molecular weight excluding hydrogens is 184 g/mol. The van der Waals surface area contributed by atoms with Crippen molar-refractivity contribution >= 4 is 5.97 Å². The van der Waals surface area contributed by atoms with Gasteiger partial charge in [-0.05, 0) is 6.92 Å². The smallest absolute Gasteiger partial charge is 0.304 e. The van der Waals surface area contributed by atoms with E-state index in [1.54, 1.807) is 6.92 Å². The van der Waals surface area contributed by atoms with E-state index in [0.29, 0.717) is 0 Å². The van der Waals surface area contributed by atoms with Crippen molar-refractivity contribution in [1.29, 1.82) is 0 Å². The van der Waals surface area contributed by atoms with Crippen LogP contribution in [-0.2, 0) is 4.79 Å². The summed E-state index contributed by atoms with van der Waals surface area (Å²) in [5.74, 6) is -1.01. The average molecular weight is 197 g/mol. The van der Waals surface area contributed by atoms with Crippen LogP contribution in [0.1, 0.15) is 13.3 Å². The summed E-state index contributed by atoms with van der Waals surface area (Å²) in [5.41, 5.74) is 0. The van der Waals surface area contributed by atoms with Crippen LogP contribution in [0.2, 0.25) is 0 Å². The lowest BCUT2D eigenvalue weighted by Crippen LogP contribution is -2.38. The molecule has 0 rings (SSSR count). The minimum Gasteiger partial charge on any atom is -0.481 e. The van der Waals surface area contributed by atoms with E-state index in [9.17, 15) is 13.6 Å². The van der Waals surface area contributed by atoms with Crippen LogP contribution in [0, 0.1) is 0 Å². The van der Waals surface area contributed by atoms with Crippen LogP contribution in [0.15, 0.2) is 0 Å². The maximum absolute atomic E-state index is 11.7. The summed E-state index contributed by atoms with van der Waals surface area (Å²) in [6, 6.07) is -0.425. The normalized spacial score (nSPS) is 15.8. The van der Waals surface area contributed by atoms with Gasteiger partial charge in [0.1, 0.15) is 6.10 Å². The fourth-order valence-electron chi connectivity index (χ4n) is 0.745. The molecule has 4 nitrogen and oxygen atoms in total. The molecule has 0 spiro atoms. The van der Waals surface area contributed by atoms with Crippen molar-refractivity contribution in [2.24, 2.45) is 0 Å². The lowest BCUT2D eigenvalue weighted by Gasteiger charge is -2.14. The van der Waals surface area contributed by atoms with Gasteiger partial charge in [-0.25, -0.2) is 8.78 Å². The van der Waals surface area contributed by atoms with Gasteiger partial charge < -0.3 is 15.5 Å². The molecule has 2 atom stereocenters. The molecule has 0 bridgehead atoms. The van der Waals surface area contributed by atoms with Crippen molar-refractivity contribution in [3.05, 3.63) is 0 Å².